The number of rotatable bonds is 6. The van der Waals surface area contributed by atoms with Crippen LogP contribution in [0, 0.1) is 11.3 Å². The molecule has 0 radical (unpaired) electrons. The monoisotopic (exact) mass is 303 g/mol. The van der Waals surface area contributed by atoms with Crippen molar-refractivity contribution in [2.45, 2.75) is 39.3 Å². The highest BCUT2D eigenvalue weighted by Crippen LogP contribution is 2.15. The molecule has 0 aliphatic rings. The Morgan fingerprint density at radius 2 is 1.95 bits per heavy atom. The van der Waals surface area contributed by atoms with E-state index in [0.717, 1.165) is 5.56 Å². The molecule has 0 aliphatic heterocycles. The predicted octanol–water partition coefficient (Wildman–Crippen LogP) is 1.83. The Labute approximate surface area is 132 Å². The second-order valence-corrected chi connectivity index (χ2v) is 6.38. The van der Waals surface area contributed by atoms with Crippen LogP contribution in [0.1, 0.15) is 44.9 Å². The number of amides is 1. The van der Waals surface area contributed by atoms with Gasteiger partial charge in [0, 0.05) is 12.1 Å². The zero-order valence-corrected chi connectivity index (χ0v) is 13.8. The van der Waals surface area contributed by atoms with Gasteiger partial charge in [-0.05, 0) is 45.0 Å². The number of nitrogens with one attached hydrogen (secondary N) is 1. The highest BCUT2D eigenvalue weighted by atomic mass is 16.3. The van der Waals surface area contributed by atoms with Crippen LogP contribution in [0.5, 0.6) is 0 Å². The van der Waals surface area contributed by atoms with E-state index in [9.17, 15) is 9.90 Å². The minimum absolute atomic E-state index is 0.0543. The summed E-state index contributed by atoms with van der Waals surface area (Å²) in [6.07, 6.45) is -0.685. The summed E-state index contributed by atoms with van der Waals surface area (Å²) in [5, 5.41) is 22.0. The molecule has 0 bridgehead atoms. The van der Waals surface area contributed by atoms with Crippen LogP contribution in [0.3, 0.4) is 0 Å². The van der Waals surface area contributed by atoms with Crippen LogP contribution in [0.25, 0.3) is 0 Å². The molecule has 22 heavy (non-hydrogen) atoms. The number of carbonyl (C=O) groups is 1. The maximum atomic E-state index is 12.0. The fourth-order valence-electron chi connectivity index (χ4n) is 2.10. The fourth-order valence-corrected chi connectivity index (χ4v) is 2.10. The van der Waals surface area contributed by atoms with E-state index in [1.807, 2.05) is 38.7 Å². The Morgan fingerprint density at radius 1 is 1.36 bits per heavy atom. The van der Waals surface area contributed by atoms with Crippen LogP contribution in [0.15, 0.2) is 24.3 Å². The standard InChI is InChI=1S/C17H25N3O2/c1-5-20(12-16(22)19-17(2,3)4)11-15(21)14-8-6-13(10-18)7-9-14/h6-9,15,21H,5,11-12H2,1-4H3,(H,19,22). The SMILES string of the molecule is CCN(CC(=O)NC(C)(C)C)CC(O)c1ccc(C#N)cc1. The molecule has 5 heteroatoms. The zero-order chi connectivity index (χ0) is 16.8. The van der Waals surface area contributed by atoms with Crippen molar-refractivity contribution < 1.29 is 9.90 Å². The van der Waals surface area contributed by atoms with Crippen LogP contribution in [-0.2, 0) is 4.79 Å². The van der Waals surface area contributed by atoms with Gasteiger partial charge >= 0.3 is 0 Å². The second kappa shape index (κ2) is 7.92. The number of nitriles is 1. The molecular formula is C17H25N3O2. The van der Waals surface area contributed by atoms with Gasteiger partial charge in [-0.3, -0.25) is 9.69 Å². The lowest BCUT2D eigenvalue weighted by atomic mass is 10.1. The highest BCUT2D eigenvalue weighted by molar-refractivity contribution is 5.78. The molecule has 1 aromatic rings. The van der Waals surface area contributed by atoms with Gasteiger partial charge in [-0.1, -0.05) is 19.1 Å². The van der Waals surface area contributed by atoms with Crippen molar-refractivity contribution in [2.24, 2.45) is 0 Å². The summed E-state index contributed by atoms with van der Waals surface area (Å²) in [6.45, 7) is 9.06. The molecule has 0 aliphatic carbocycles. The van der Waals surface area contributed by atoms with Crippen molar-refractivity contribution in [1.82, 2.24) is 10.2 Å². The molecule has 0 heterocycles. The van der Waals surface area contributed by atoms with Crippen LogP contribution >= 0.6 is 0 Å². The van der Waals surface area contributed by atoms with E-state index in [4.69, 9.17) is 5.26 Å². The van der Waals surface area contributed by atoms with E-state index >= 15 is 0 Å². The minimum Gasteiger partial charge on any atom is -0.387 e. The van der Waals surface area contributed by atoms with Crippen LogP contribution in [0.2, 0.25) is 0 Å². The first-order valence-corrected chi connectivity index (χ1v) is 7.46. The number of hydrogen-bond donors (Lipinski definition) is 2. The van der Waals surface area contributed by atoms with E-state index in [1.165, 1.54) is 0 Å². The molecule has 120 valence electrons. The van der Waals surface area contributed by atoms with E-state index in [0.29, 0.717) is 18.7 Å². The maximum absolute atomic E-state index is 12.0. The Balaban J connectivity index is 2.61. The van der Waals surface area contributed by atoms with E-state index in [-0.39, 0.29) is 18.0 Å². The Bertz CT molecular complexity index is 526. The maximum Gasteiger partial charge on any atom is 0.234 e. The molecule has 1 unspecified atom stereocenters. The summed E-state index contributed by atoms with van der Waals surface area (Å²) in [5.74, 6) is -0.0543. The molecule has 0 fully saturated rings. The van der Waals surface area contributed by atoms with Crippen molar-refractivity contribution in [2.75, 3.05) is 19.6 Å². The quantitative estimate of drug-likeness (QED) is 0.840. The minimum atomic E-state index is -0.685. The summed E-state index contributed by atoms with van der Waals surface area (Å²) in [4.78, 5) is 13.9. The molecule has 1 rings (SSSR count). The average Bonchev–Trinajstić information content (AvgIpc) is 2.44. The number of benzene rings is 1. The number of carbonyl (C=O) groups excluding carboxylic acids is 1. The molecule has 2 N–H and O–H groups in total. The van der Waals surface area contributed by atoms with Crippen molar-refractivity contribution in [3.63, 3.8) is 0 Å². The lowest BCUT2D eigenvalue weighted by molar-refractivity contribution is -0.123. The van der Waals surface area contributed by atoms with Crippen LogP contribution in [0.4, 0.5) is 0 Å². The highest BCUT2D eigenvalue weighted by Gasteiger charge is 2.18. The Hall–Kier alpha value is -1.90. The molecule has 0 saturated heterocycles. The molecular weight excluding hydrogens is 278 g/mol. The Morgan fingerprint density at radius 3 is 2.41 bits per heavy atom. The molecule has 0 spiro atoms. The number of nitrogens with zero attached hydrogens (tertiary/aromatic N) is 2. The molecule has 5 nitrogen and oxygen atoms in total. The average molecular weight is 303 g/mol. The lowest BCUT2D eigenvalue weighted by Crippen LogP contribution is -2.46. The third kappa shape index (κ3) is 6.25. The predicted molar refractivity (Wildman–Crippen MR) is 86.1 cm³/mol. The summed E-state index contributed by atoms with van der Waals surface area (Å²) in [6, 6.07) is 8.90. The molecule has 0 aromatic heterocycles. The molecule has 1 atom stereocenters. The van der Waals surface area contributed by atoms with Gasteiger partial charge in [0.2, 0.25) is 5.91 Å². The molecule has 1 aromatic carbocycles. The topological polar surface area (TPSA) is 76.4 Å². The summed E-state index contributed by atoms with van der Waals surface area (Å²) in [7, 11) is 0. The van der Waals surface area contributed by atoms with Gasteiger partial charge in [-0.15, -0.1) is 0 Å². The second-order valence-electron chi connectivity index (χ2n) is 6.38. The van der Waals surface area contributed by atoms with Gasteiger partial charge in [-0.25, -0.2) is 0 Å². The lowest BCUT2D eigenvalue weighted by Gasteiger charge is -2.26. The third-order valence-corrected chi connectivity index (χ3v) is 3.18. The van der Waals surface area contributed by atoms with Gasteiger partial charge in [0.15, 0.2) is 0 Å². The normalized spacial score (nSPS) is 12.8. The van der Waals surface area contributed by atoms with Gasteiger partial charge in [0.25, 0.3) is 0 Å². The third-order valence-electron chi connectivity index (χ3n) is 3.18. The summed E-state index contributed by atoms with van der Waals surface area (Å²) in [5.41, 5.74) is 1.05. The van der Waals surface area contributed by atoms with E-state index < -0.39 is 6.10 Å². The van der Waals surface area contributed by atoms with Crippen molar-refractivity contribution in [3.05, 3.63) is 35.4 Å². The van der Waals surface area contributed by atoms with Gasteiger partial charge in [0.05, 0.1) is 24.3 Å². The van der Waals surface area contributed by atoms with E-state index in [1.54, 1.807) is 24.3 Å². The van der Waals surface area contributed by atoms with Crippen molar-refractivity contribution in [1.29, 1.82) is 5.26 Å². The number of likely N-dealkylation sites (N-methyl/N-ethyl adjacent to an activating group) is 1. The van der Waals surface area contributed by atoms with Crippen molar-refractivity contribution >= 4 is 5.91 Å². The number of aliphatic hydroxyl groups excluding tert-OH is 1. The van der Waals surface area contributed by atoms with E-state index in [2.05, 4.69) is 5.32 Å². The molecule has 1 amide bonds. The largest absolute Gasteiger partial charge is 0.387 e. The van der Waals surface area contributed by atoms with Crippen LogP contribution < -0.4 is 5.32 Å². The zero-order valence-electron chi connectivity index (χ0n) is 13.8. The van der Waals surface area contributed by atoms with Crippen molar-refractivity contribution in [3.8, 4) is 6.07 Å². The molecule has 0 saturated carbocycles. The summed E-state index contributed by atoms with van der Waals surface area (Å²) < 4.78 is 0. The van der Waals surface area contributed by atoms with Gasteiger partial charge in [-0.2, -0.15) is 5.26 Å². The first-order valence-electron chi connectivity index (χ1n) is 7.46. The first-order chi connectivity index (χ1) is 10.2. The van der Waals surface area contributed by atoms with Gasteiger partial charge < -0.3 is 10.4 Å². The number of hydrogen-bond acceptors (Lipinski definition) is 4. The first kappa shape index (κ1) is 18.1. The van der Waals surface area contributed by atoms with Crippen LogP contribution in [-0.4, -0.2) is 41.1 Å². The summed E-state index contributed by atoms with van der Waals surface area (Å²) >= 11 is 0. The fraction of sp³-hybridized carbons (Fsp3) is 0.529. The number of aliphatic hydroxyl groups is 1. The Kier molecular flexibility index (Phi) is 6.54. The smallest absolute Gasteiger partial charge is 0.234 e. The van der Waals surface area contributed by atoms with Gasteiger partial charge in [0.1, 0.15) is 0 Å².